The van der Waals surface area contributed by atoms with Gasteiger partial charge < -0.3 is 10.6 Å². The zero-order chi connectivity index (χ0) is 15.4. The van der Waals surface area contributed by atoms with E-state index >= 15 is 0 Å². The van der Waals surface area contributed by atoms with Crippen LogP contribution in [-0.4, -0.2) is 13.1 Å². The number of hydrogen-bond donors (Lipinski definition) is 1. The van der Waals surface area contributed by atoms with Gasteiger partial charge in [-0.1, -0.05) is 35.9 Å². The molecule has 1 unspecified atom stereocenters. The first kappa shape index (κ1) is 15.9. The fourth-order valence-electron chi connectivity index (χ4n) is 2.59. The van der Waals surface area contributed by atoms with Crippen molar-refractivity contribution in [1.29, 1.82) is 0 Å². The van der Waals surface area contributed by atoms with Crippen LogP contribution >= 0.6 is 11.6 Å². The van der Waals surface area contributed by atoms with Crippen LogP contribution in [-0.2, 0) is 13.0 Å². The molecule has 21 heavy (non-hydrogen) atoms. The van der Waals surface area contributed by atoms with E-state index in [1.807, 2.05) is 19.1 Å². The molecule has 1 atom stereocenters. The zero-order valence-electron chi connectivity index (χ0n) is 12.9. The lowest BCUT2D eigenvalue weighted by Gasteiger charge is -2.22. The van der Waals surface area contributed by atoms with Crippen molar-refractivity contribution in [3.05, 3.63) is 64.2 Å². The average Bonchev–Trinajstić information content (AvgIpc) is 2.40. The highest BCUT2D eigenvalue weighted by atomic mass is 35.5. The minimum absolute atomic E-state index is 0.196. The molecule has 0 amide bonds. The van der Waals surface area contributed by atoms with Gasteiger partial charge in [0, 0.05) is 30.3 Å². The third-order valence-corrected chi connectivity index (χ3v) is 3.82. The number of nitrogens with zero attached hydrogens (tertiary/aromatic N) is 1. The van der Waals surface area contributed by atoms with E-state index in [0.29, 0.717) is 0 Å². The van der Waals surface area contributed by atoms with Crippen LogP contribution < -0.4 is 10.6 Å². The molecule has 0 aliphatic rings. The summed E-state index contributed by atoms with van der Waals surface area (Å²) in [6.45, 7) is 5.05. The summed E-state index contributed by atoms with van der Waals surface area (Å²) in [5, 5.41) is 0.776. The molecular formula is C18H23ClN2. The lowest BCUT2D eigenvalue weighted by molar-refractivity contribution is 0.737. The molecule has 0 heterocycles. The highest BCUT2D eigenvalue weighted by molar-refractivity contribution is 6.30. The fraction of sp³-hybridized carbons (Fsp3) is 0.333. The van der Waals surface area contributed by atoms with Crippen LogP contribution in [0, 0.1) is 6.92 Å². The highest BCUT2D eigenvalue weighted by Gasteiger charge is 2.07. The summed E-state index contributed by atoms with van der Waals surface area (Å²) in [7, 11) is 2.11. The fourth-order valence-corrected chi connectivity index (χ4v) is 2.72. The molecule has 0 aromatic heterocycles. The number of rotatable bonds is 5. The first-order valence-electron chi connectivity index (χ1n) is 7.26. The van der Waals surface area contributed by atoms with Gasteiger partial charge in [0.2, 0.25) is 0 Å². The van der Waals surface area contributed by atoms with Crippen molar-refractivity contribution >= 4 is 17.3 Å². The van der Waals surface area contributed by atoms with Gasteiger partial charge in [0.25, 0.3) is 0 Å². The Kier molecular flexibility index (Phi) is 5.27. The van der Waals surface area contributed by atoms with Crippen molar-refractivity contribution in [2.45, 2.75) is 32.9 Å². The monoisotopic (exact) mass is 302 g/mol. The molecule has 2 nitrogen and oxygen atoms in total. The van der Waals surface area contributed by atoms with Crippen molar-refractivity contribution in [1.82, 2.24) is 0 Å². The quantitative estimate of drug-likeness (QED) is 0.898. The molecule has 2 aromatic rings. The topological polar surface area (TPSA) is 29.3 Å². The Morgan fingerprint density at radius 3 is 2.29 bits per heavy atom. The summed E-state index contributed by atoms with van der Waals surface area (Å²) in [6, 6.07) is 14.8. The Morgan fingerprint density at radius 1 is 1.10 bits per heavy atom. The number of hydrogen-bond acceptors (Lipinski definition) is 2. The minimum atomic E-state index is 0.196. The third-order valence-electron chi connectivity index (χ3n) is 3.56. The number of aryl methyl sites for hydroxylation is 1. The molecule has 0 saturated heterocycles. The van der Waals surface area contributed by atoms with Crippen LogP contribution in [0.5, 0.6) is 0 Å². The highest BCUT2D eigenvalue weighted by Crippen LogP contribution is 2.23. The third kappa shape index (κ3) is 4.48. The number of anilines is 1. The van der Waals surface area contributed by atoms with Gasteiger partial charge in [-0.2, -0.15) is 0 Å². The molecule has 3 heteroatoms. The maximum atomic E-state index is 5.93. The first-order valence-corrected chi connectivity index (χ1v) is 7.64. The molecule has 0 fully saturated rings. The maximum Gasteiger partial charge on any atom is 0.0426 e. The number of benzene rings is 2. The van der Waals surface area contributed by atoms with Crippen LogP contribution in [0.2, 0.25) is 5.02 Å². The Balaban J connectivity index is 2.11. The van der Waals surface area contributed by atoms with Gasteiger partial charge in [0.15, 0.2) is 0 Å². The smallest absolute Gasteiger partial charge is 0.0426 e. The second kappa shape index (κ2) is 6.97. The summed E-state index contributed by atoms with van der Waals surface area (Å²) < 4.78 is 0. The van der Waals surface area contributed by atoms with Crippen molar-refractivity contribution in [2.75, 3.05) is 11.9 Å². The van der Waals surface area contributed by atoms with Gasteiger partial charge in [-0.05, 0) is 55.2 Å². The van der Waals surface area contributed by atoms with E-state index in [0.717, 1.165) is 18.0 Å². The van der Waals surface area contributed by atoms with E-state index in [9.17, 15) is 0 Å². The van der Waals surface area contributed by atoms with Crippen LogP contribution in [0.4, 0.5) is 5.69 Å². The molecule has 0 saturated carbocycles. The Morgan fingerprint density at radius 2 is 1.71 bits per heavy atom. The Bertz CT molecular complexity index is 591. The largest absolute Gasteiger partial charge is 0.370 e. The second-order valence-corrected chi connectivity index (χ2v) is 6.22. The maximum absolute atomic E-state index is 5.93. The molecule has 0 aliphatic carbocycles. The summed E-state index contributed by atoms with van der Waals surface area (Å²) in [5.74, 6) is 0. The first-order chi connectivity index (χ1) is 9.95. The number of nitrogens with two attached hydrogens (primary N) is 1. The van der Waals surface area contributed by atoms with Crippen molar-refractivity contribution in [3.63, 3.8) is 0 Å². The molecule has 2 rings (SSSR count). The predicted octanol–water partition coefficient (Wildman–Crippen LogP) is 4.17. The molecular weight excluding hydrogens is 280 g/mol. The zero-order valence-corrected chi connectivity index (χ0v) is 13.7. The van der Waals surface area contributed by atoms with Crippen LogP contribution in [0.25, 0.3) is 0 Å². The van der Waals surface area contributed by atoms with Crippen LogP contribution in [0.15, 0.2) is 42.5 Å². The van der Waals surface area contributed by atoms with Gasteiger partial charge in [0.1, 0.15) is 0 Å². The second-order valence-electron chi connectivity index (χ2n) is 5.78. The minimum Gasteiger partial charge on any atom is -0.370 e. The van der Waals surface area contributed by atoms with Gasteiger partial charge in [0.05, 0.1) is 0 Å². The van der Waals surface area contributed by atoms with Crippen molar-refractivity contribution in [3.8, 4) is 0 Å². The molecule has 0 spiro atoms. The van der Waals surface area contributed by atoms with E-state index < -0.39 is 0 Å². The van der Waals surface area contributed by atoms with Crippen LogP contribution in [0.1, 0.15) is 23.6 Å². The molecule has 0 bridgehead atoms. The average molecular weight is 303 g/mol. The van der Waals surface area contributed by atoms with Crippen molar-refractivity contribution < 1.29 is 0 Å². The molecule has 0 aliphatic heterocycles. The normalized spacial score (nSPS) is 12.2. The lowest BCUT2D eigenvalue weighted by atomic mass is 10.0. The Labute approximate surface area is 132 Å². The van der Waals surface area contributed by atoms with Crippen LogP contribution in [0.3, 0.4) is 0 Å². The van der Waals surface area contributed by atoms with Gasteiger partial charge in [-0.3, -0.25) is 0 Å². The van der Waals surface area contributed by atoms with E-state index in [-0.39, 0.29) is 6.04 Å². The summed E-state index contributed by atoms with van der Waals surface area (Å²) >= 11 is 5.93. The van der Waals surface area contributed by atoms with E-state index in [1.54, 1.807) is 0 Å². The Hall–Kier alpha value is -1.51. The standard InChI is InChI=1S/C18H23ClN2/c1-13-10-16(11-14(2)20)6-9-18(13)21(3)12-15-4-7-17(19)8-5-15/h4-10,14H,11-12,20H2,1-3H3. The molecule has 2 aromatic carbocycles. The molecule has 2 N–H and O–H groups in total. The van der Waals surface area contributed by atoms with Gasteiger partial charge >= 0.3 is 0 Å². The lowest BCUT2D eigenvalue weighted by Crippen LogP contribution is -2.19. The summed E-state index contributed by atoms with van der Waals surface area (Å²) in [6.07, 6.45) is 0.919. The van der Waals surface area contributed by atoms with E-state index in [4.69, 9.17) is 17.3 Å². The number of halogens is 1. The summed E-state index contributed by atoms with van der Waals surface area (Å²) in [5.41, 5.74) is 10.9. The predicted molar refractivity (Wildman–Crippen MR) is 92.1 cm³/mol. The molecule has 0 radical (unpaired) electrons. The van der Waals surface area contributed by atoms with E-state index in [2.05, 4.69) is 49.2 Å². The summed E-state index contributed by atoms with van der Waals surface area (Å²) in [4.78, 5) is 2.26. The van der Waals surface area contributed by atoms with Crippen molar-refractivity contribution in [2.24, 2.45) is 5.73 Å². The van der Waals surface area contributed by atoms with Gasteiger partial charge in [-0.15, -0.1) is 0 Å². The molecule has 112 valence electrons. The van der Waals surface area contributed by atoms with Gasteiger partial charge in [-0.25, -0.2) is 0 Å². The SMILES string of the molecule is Cc1cc(CC(C)N)ccc1N(C)Cc1ccc(Cl)cc1. The van der Waals surface area contributed by atoms with E-state index in [1.165, 1.54) is 22.4 Å².